The van der Waals surface area contributed by atoms with Gasteiger partial charge >= 0.3 is 6.18 Å². The van der Waals surface area contributed by atoms with Crippen LogP contribution >= 0.6 is 24.4 Å². The Balaban J connectivity index is 2.24. The molecule has 0 aliphatic carbocycles. The fourth-order valence-electron chi connectivity index (χ4n) is 2.12. The molecular formula is C15H7F4NOS2. The molecule has 8 heteroatoms. The number of hydrogen-bond acceptors (Lipinski definition) is 3. The van der Waals surface area contributed by atoms with Crippen molar-refractivity contribution in [3.05, 3.63) is 63.3 Å². The molecule has 1 heterocycles. The Morgan fingerprint density at radius 3 is 2.22 bits per heavy atom. The van der Waals surface area contributed by atoms with Crippen molar-refractivity contribution in [1.82, 2.24) is 4.57 Å². The van der Waals surface area contributed by atoms with Crippen molar-refractivity contribution in [3.8, 4) is 5.69 Å². The third kappa shape index (κ3) is 2.91. The standard InChI is InChI=1S/C15H7F4NOS2/c16-9-3-6-12-11(7-9)13(22)20(14(23)21-12)10-4-1-8(2-5-10)15(17,18)19/h1-7H. The lowest BCUT2D eigenvalue weighted by Crippen LogP contribution is -2.05. The second-order valence-electron chi connectivity index (χ2n) is 4.69. The number of alkyl halides is 3. The molecule has 2 nitrogen and oxygen atoms in total. The fraction of sp³-hybridized carbons (Fsp3) is 0.0667. The summed E-state index contributed by atoms with van der Waals surface area (Å²) in [6.45, 7) is 0. The van der Waals surface area contributed by atoms with E-state index in [2.05, 4.69) is 0 Å². The Labute approximate surface area is 137 Å². The number of halogens is 4. The minimum atomic E-state index is -4.44. The lowest BCUT2D eigenvalue weighted by molar-refractivity contribution is -0.137. The molecule has 3 aromatic rings. The van der Waals surface area contributed by atoms with E-state index in [0.717, 1.165) is 12.1 Å². The highest BCUT2D eigenvalue weighted by molar-refractivity contribution is 7.72. The topological polar surface area (TPSA) is 18.1 Å². The third-order valence-electron chi connectivity index (χ3n) is 3.21. The molecule has 1 aromatic heterocycles. The zero-order valence-electron chi connectivity index (χ0n) is 11.2. The minimum absolute atomic E-state index is 0.0335. The highest BCUT2D eigenvalue weighted by Crippen LogP contribution is 2.30. The van der Waals surface area contributed by atoms with Crippen molar-refractivity contribution < 1.29 is 22.0 Å². The molecular weight excluding hydrogens is 350 g/mol. The summed E-state index contributed by atoms with van der Waals surface area (Å²) >= 11 is 10.4. The second kappa shape index (κ2) is 5.54. The molecule has 2 aromatic carbocycles. The predicted octanol–water partition coefficient (Wildman–Crippen LogP) is 5.84. The van der Waals surface area contributed by atoms with Crippen LogP contribution in [0.5, 0.6) is 0 Å². The number of nitrogens with zero attached hydrogens (tertiary/aromatic N) is 1. The van der Waals surface area contributed by atoms with E-state index in [-0.39, 0.29) is 9.48 Å². The summed E-state index contributed by atoms with van der Waals surface area (Å²) < 4.78 is 58.1. The number of rotatable bonds is 1. The molecule has 0 aliphatic heterocycles. The van der Waals surface area contributed by atoms with E-state index in [1.54, 1.807) is 0 Å². The lowest BCUT2D eigenvalue weighted by Gasteiger charge is -2.11. The Morgan fingerprint density at radius 1 is 0.957 bits per heavy atom. The van der Waals surface area contributed by atoms with E-state index in [9.17, 15) is 17.6 Å². The van der Waals surface area contributed by atoms with E-state index in [4.69, 9.17) is 28.9 Å². The van der Waals surface area contributed by atoms with Crippen LogP contribution in [-0.4, -0.2) is 4.57 Å². The first-order valence-electron chi connectivity index (χ1n) is 6.30. The minimum Gasteiger partial charge on any atom is -0.431 e. The van der Waals surface area contributed by atoms with Gasteiger partial charge in [-0.15, -0.1) is 0 Å². The lowest BCUT2D eigenvalue weighted by atomic mass is 10.2. The molecule has 118 valence electrons. The molecule has 0 spiro atoms. The number of fused-ring (bicyclic) bond motifs is 1. The first-order valence-corrected chi connectivity index (χ1v) is 7.12. The van der Waals surface area contributed by atoms with Crippen molar-refractivity contribution in [2.45, 2.75) is 6.18 Å². The van der Waals surface area contributed by atoms with Gasteiger partial charge in [0.25, 0.3) is 4.84 Å². The Bertz CT molecular complexity index is 1000. The van der Waals surface area contributed by atoms with Gasteiger partial charge in [0.05, 0.1) is 16.6 Å². The predicted molar refractivity (Wildman–Crippen MR) is 82.2 cm³/mol. The SMILES string of the molecule is Fc1ccc2oc(=S)n(-c3ccc(C(F)(F)F)cc3)c(=S)c2c1. The van der Waals surface area contributed by atoms with Crippen LogP contribution in [0.15, 0.2) is 46.9 Å². The molecule has 0 N–H and O–H groups in total. The summed E-state index contributed by atoms with van der Waals surface area (Å²) in [5.41, 5.74) is -0.171. The van der Waals surface area contributed by atoms with Crippen LogP contribution in [0.1, 0.15) is 5.56 Å². The third-order valence-corrected chi connectivity index (χ3v) is 3.88. The van der Waals surface area contributed by atoms with Gasteiger partial charge in [0, 0.05) is 0 Å². The van der Waals surface area contributed by atoms with Gasteiger partial charge in [-0.25, -0.2) is 4.39 Å². The quantitative estimate of drug-likeness (QED) is 0.402. The van der Waals surface area contributed by atoms with Gasteiger partial charge in [-0.2, -0.15) is 13.2 Å². The van der Waals surface area contributed by atoms with Gasteiger partial charge in [0.1, 0.15) is 16.0 Å². The molecule has 3 rings (SSSR count). The maximum atomic E-state index is 13.4. The monoisotopic (exact) mass is 357 g/mol. The smallest absolute Gasteiger partial charge is 0.416 e. The molecule has 0 amide bonds. The van der Waals surface area contributed by atoms with Gasteiger partial charge in [0.2, 0.25) is 0 Å². The molecule has 23 heavy (non-hydrogen) atoms. The summed E-state index contributed by atoms with van der Waals surface area (Å²) in [6.07, 6.45) is -4.44. The van der Waals surface area contributed by atoms with E-state index in [0.29, 0.717) is 16.7 Å². The van der Waals surface area contributed by atoms with E-state index < -0.39 is 17.6 Å². The van der Waals surface area contributed by atoms with Crippen LogP contribution < -0.4 is 0 Å². The summed E-state index contributed by atoms with van der Waals surface area (Å²) in [5.74, 6) is -0.505. The van der Waals surface area contributed by atoms with E-state index in [1.807, 2.05) is 0 Å². The van der Waals surface area contributed by atoms with Crippen molar-refractivity contribution in [2.24, 2.45) is 0 Å². The maximum Gasteiger partial charge on any atom is 0.416 e. The van der Waals surface area contributed by atoms with Crippen molar-refractivity contribution >= 4 is 35.4 Å². The van der Waals surface area contributed by atoms with Crippen LogP contribution in [0.2, 0.25) is 0 Å². The first-order chi connectivity index (χ1) is 10.8. The fourth-order valence-corrected chi connectivity index (χ4v) is 2.82. The zero-order chi connectivity index (χ0) is 16.8. The average Bonchev–Trinajstić information content (AvgIpc) is 2.48. The summed E-state index contributed by atoms with van der Waals surface area (Å²) in [6, 6.07) is 8.09. The van der Waals surface area contributed by atoms with Crippen LogP contribution in [0.3, 0.4) is 0 Å². The van der Waals surface area contributed by atoms with Crippen LogP contribution in [0.4, 0.5) is 17.6 Å². The van der Waals surface area contributed by atoms with E-state index in [1.165, 1.54) is 34.9 Å². The van der Waals surface area contributed by atoms with Gasteiger partial charge in [-0.1, -0.05) is 12.2 Å². The second-order valence-corrected chi connectivity index (χ2v) is 5.43. The van der Waals surface area contributed by atoms with Crippen LogP contribution in [-0.2, 0) is 6.18 Å². The van der Waals surface area contributed by atoms with Gasteiger partial charge < -0.3 is 4.42 Å². The molecule has 0 radical (unpaired) electrons. The summed E-state index contributed by atoms with van der Waals surface area (Å²) in [5, 5.41) is 0.313. The number of aromatic nitrogens is 1. The van der Waals surface area contributed by atoms with Gasteiger partial charge in [0.15, 0.2) is 0 Å². The normalized spacial score (nSPS) is 11.8. The molecule has 0 saturated carbocycles. The highest BCUT2D eigenvalue weighted by Gasteiger charge is 2.30. The Morgan fingerprint density at radius 2 is 1.61 bits per heavy atom. The van der Waals surface area contributed by atoms with Crippen molar-refractivity contribution in [2.75, 3.05) is 0 Å². The Hall–Kier alpha value is -2.06. The van der Waals surface area contributed by atoms with Crippen molar-refractivity contribution in [1.29, 1.82) is 0 Å². The Kier molecular flexibility index (Phi) is 3.81. The highest BCUT2D eigenvalue weighted by atomic mass is 32.1. The van der Waals surface area contributed by atoms with Gasteiger partial charge in [-0.3, -0.25) is 4.57 Å². The largest absolute Gasteiger partial charge is 0.431 e. The maximum absolute atomic E-state index is 13.4. The molecule has 0 atom stereocenters. The number of benzene rings is 2. The average molecular weight is 357 g/mol. The first kappa shape index (κ1) is 15.8. The molecule has 0 saturated heterocycles. The molecule has 0 fully saturated rings. The summed E-state index contributed by atoms with van der Waals surface area (Å²) in [4.78, 5) is -0.0335. The number of hydrogen-bond donors (Lipinski definition) is 0. The summed E-state index contributed by atoms with van der Waals surface area (Å²) in [7, 11) is 0. The molecule has 0 aliphatic rings. The van der Waals surface area contributed by atoms with E-state index >= 15 is 0 Å². The van der Waals surface area contributed by atoms with Crippen LogP contribution in [0.25, 0.3) is 16.7 Å². The molecule has 0 unspecified atom stereocenters. The molecule has 0 bridgehead atoms. The van der Waals surface area contributed by atoms with Crippen molar-refractivity contribution in [3.63, 3.8) is 0 Å². The van der Waals surface area contributed by atoms with Crippen LogP contribution in [0, 0.1) is 15.3 Å². The van der Waals surface area contributed by atoms with Gasteiger partial charge in [-0.05, 0) is 54.7 Å². The zero-order valence-corrected chi connectivity index (χ0v) is 12.9.